The van der Waals surface area contributed by atoms with Crippen LogP contribution in [0.3, 0.4) is 0 Å². The van der Waals surface area contributed by atoms with Gasteiger partial charge < -0.3 is 4.74 Å². The van der Waals surface area contributed by atoms with Crippen molar-refractivity contribution in [2.45, 2.75) is 12.8 Å². The number of benzene rings is 3. The largest absolute Gasteiger partial charge is 0.489 e. The molecule has 1 heterocycles. The summed E-state index contributed by atoms with van der Waals surface area (Å²) in [7, 11) is 0. The molecule has 1 amide bonds. The van der Waals surface area contributed by atoms with Crippen LogP contribution in [0.5, 0.6) is 5.75 Å². The molecular weight excluding hydrogens is 411 g/mol. The van der Waals surface area contributed by atoms with Crippen molar-refractivity contribution in [3.8, 4) is 11.4 Å². The molecule has 1 aromatic heterocycles. The zero-order valence-corrected chi connectivity index (χ0v) is 15.9. The standard InChI is InChI=1S/C22H16F3N3O3/c23-22(24,25)16-4-1-14(2-5-16)12-31-18-8-6-17(7-9-18)28-13-26-19-10-3-15(11-20(19)28)21(29)27-30/h1-11,13,30H,12H2,(H,27,29). The van der Waals surface area contributed by atoms with Crippen LogP contribution in [0.15, 0.2) is 73.1 Å². The number of carbonyl (C=O) groups is 1. The van der Waals surface area contributed by atoms with E-state index in [1.54, 1.807) is 58.8 Å². The average Bonchev–Trinajstić information content (AvgIpc) is 3.20. The zero-order chi connectivity index (χ0) is 22.0. The van der Waals surface area contributed by atoms with E-state index in [0.717, 1.165) is 17.8 Å². The summed E-state index contributed by atoms with van der Waals surface area (Å²) in [5.74, 6) is -0.0740. The van der Waals surface area contributed by atoms with Crippen molar-refractivity contribution in [3.63, 3.8) is 0 Å². The van der Waals surface area contributed by atoms with E-state index in [-0.39, 0.29) is 12.2 Å². The summed E-state index contributed by atoms with van der Waals surface area (Å²) in [6, 6.07) is 16.7. The quantitative estimate of drug-likeness (QED) is 0.356. The van der Waals surface area contributed by atoms with Gasteiger partial charge in [0.15, 0.2) is 0 Å². The minimum Gasteiger partial charge on any atom is -0.489 e. The molecule has 0 saturated carbocycles. The third kappa shape index (κ3) is 4.36. The van der Waals surface area contributed by atoms with Gasteiger partial charge in [-0.05, 0) is 60.2 Å². The van der Waals surface area contributed by atoms with E-state index in [1.807, 2.05) is 0 Å². The lowest BCUT2D eigenvalue weighted by Crippen LogP contribution is -2.18. The van der Waals surface area contributed by atoms with Gasteiger partial charge in [0, 0.05) is 11.3 Å². The molecule has 158 valence electrons. The Labute approximate surface area is 174 Å². The Morgan fingerprint density at radius 2 is 1.74 bits per heavy atom. The molecule has 0 atom stereocenters. The number of alkyl halides is 3. The van der Waals surface area contributed by atoms with Crippen LogP contribution < -0.4 is 10.2 Å². The van der Waals surface area contributed by atoms with Crippen molar-refractivity contribution < 1.29 is 27.9 Å². The molecule has 4 aromatic rings. The second-order valence-corrected chi connectivity index (χ2v) is 6.74. The molecule has 9 heteroatoms. The maximum Gasteiger partial charge on any atom is 0.416 e. The minimum absolute atomic E-state index is 0.130. The Morgan fingerprint density at radius 3 is 2.39 bits per heavy atom. The SMILES string of the molecule is O=C(NO)c1ccc2ncn(-c3ccc(OCc4ccc(C(F)(F)F)cc4)cc3)c2c1. The Balaban J connectivity index is 1.49. The number of halogens is 3. The molecule has 6 nitrogen and oxygen atoms in total. The van der Waals surface area contributed by atoms with Crippen LogP contribution in [-0.4, -0.2) is 20.7 Å². The predicted molar refractivity (Wildman–Crippen MR) is 106 cm³/mol. The smallest absolute Gasteiger partial charge is 0.416 e. The van der Waals surface area contributed by atoms with E-state index in [9.17, 15) is 18.0 Å². The Kier molecular flexibility index (Phi) is 5.35. The van der Waals surface area contributed by atoms with E-state index in [0.29, 0.717) is 22.3 Å². The fourth-order valence-electron chi connectivity index (χ4n) is 3.08. The average molecular weight is 427 g/mol. The second-order valence-electron chi connectivity index (χ2n) is 6.74. The first-order valence-electron chi connectivity index (χ1n) is 9.16. The third-order valence-corrected chi connectivity index (χ3v) is 4.71. The first-order chi connectivity index (χ1) is 14.8. The minimum atomic E-state index is -4.37. The maximum absolute atomic E-state index is 12.6. The summed E-state index contributed by atoms with van der Waals surface area (Å²) in [6.45, 7) is 0.130. The molecule has 0 fully saturated rings. The number of ether oxygens (including phenoxy) is 1. The van der Waals surface area contributed by atoms with Gasteiger partial charge in [-0.15, -0.1) is 0 Å². The summed E-state index contributed by atoms with van der Waals surface area (Å²) in [6.07, 6.45) is -2.75. The van der Waals surface area contributed by atoms with E-state index in [2.05, 4.69) is 4.98 Å². The van der Waals surface area contributed by atoms with Gasteiger partial charge in [0.2, 0.25) is 0 Å². The van der Waals surface area contributed by atoms with Gasteiger partial charge >= 0.3 is 6.18 Å². The molecule has 0 saturated heterocycles. The van der Waals surface area contributed by atoms with Crippen molar-refractivity contribution in [3.05, 3.63) is 89.7 Å². The lowest BCUT2D eigenvalue weighted by atomic mass is 10.1. The highest BCUT2D eigenvalue weighted by Gasteiger charge is 2.29. The summed E-state index contributed by atoms with van der Waals surface area (Å²) in [5.41, 5.74) is 3.93. The van der Waals surface area contributed by atoms with Crippen molar-refractivity contribution >= 4 is 16.9 Å². The van der Waals surface area contributed by atoms with Gasteiger partial charge in [0.1, 0.15) is 18.7 Å². The van der Waals surface area contributed by atoms with Crippen molar-refractivity contribution in [1.29, 1.82) is 0 Å². The van der Waals surface area contributed by atoms with Crippen LogP contribution in [0.2, 0.25) is 0 Å². The summed E-state index contributed by atoms with van der Waals surface area (Å²) < 4.78 is 45.3. The summed E-state index contributed by atoms with van der Waals surface area (Å²) >= 11 is 0. The van der Waals surface area contributed by atoms with E-state index in [1.165, 1.54) is 12.1 Å². The number of hydrogen-bond donors (Lipinski definition) is 2. The molecule has 0 aliphatic heterocycles. The summed E-state index contributed by atoms with van der Waals surface area (Å²) in [5, 5.41) is 8.82. The monoisotopic (exact) mass is 427 g/mol. The number of fused-ring (bicyclic) bond motifs is 1. The lowest BCUT2D eigenvalue weighted by Gasteiger charge is -2.10. The van der Waals surface area contributed by atoms with Crippen LogP contribution in [-0.2, 0) is 12.8 Å². The molecule has 3 aromatic carbocycles. The van der Waals surface area contributed by atoms with Crippen LogP contribution in [0.1, 0.15) is 21.5 Å². The van der Waals surface area contributed by atoms with Gasteiger partial charge in [0.05, 0.1) is 16.6 Å². The normalized spacial score (nSPS) is 11.5. The number of nitrogens with one attached hydrogen (secondary N) is 1. The van der Waals surface area contributed by atoms with Crippen molar-refractivity contribution in [2.75, 3.05) is 0 Å². The van der Waals surface area contributed by atoms with Crippen molar-refractivity contribution in [2.24, 2.45) is 0 Å². The highest BCUT2D eigenvalue weighted by atomic mass is 19.4. The molecule has 0 aliphatic rings. The molecule has 0 aliphatic carbocycles. The zero-order valence-electron chi connectivity index (χ0n) is 15.9. The number of aromatic nitrogens is 2. The van der Waals surface area contributed by atoms with Crippen LogP contribution >= 0.6 is 0 Å². The molecule has 0 bridgehead atoms. The van der Waals surface area contributed by atoms with E-state index < -0.39 is 17.6 Å². The van der Waals surface area contributed by atoms with Crippen LogP contribution in [0, 0.1) is 0 Å². The molecule has 0 spiro atoms. The highest BCUT2D eigenvalue weighted by molar-refractivity contribution is 5.96. The Bertz CT molecular complexity index is 1220. The topological polar surface area (TPSA) is 76.4 Å². The number of carbonyl (C=O) groups excluding carboxylic acids is 1. The maximum atomic E-state index is 12.6. The van der Waals surface area contributed by atoms with Gasteiger partial charge in [0.25, 0.3) is 5.91 Å². The van der Waals surface area contributed by atoms with Crippen molar-refractivity contribution in [1.82, 2.24) is 15.0 Å². The number of amides is 1. The first-order valence-corrected chi connectivity index (χ1v) is 9.16. The molecule has 31 heavy (non-hydrogen) atoms. The van der Waals surface area contributed by atoms with Crippen LogP contribution in [0.25, 0.3) is 16.7 Å². The molecule has 0 unspecified atom stereocenters. The molecular formula is C22H16F3N3O3. The van der Waals surface area contributed by atoms with Gasteiger partial charge in [-0.25, -0.2) is 10.5 Å². The van der Waals surface area contributed by atoms with Gasteiger partial charge in [-0.1, -0.05) is 12.1 Å². The van der Waals surface area contributed by atoms with Gasteiger partial charge in [-0.3, -0.25) is 14.6 Å². The summed E-state index contributed by atoms with van der Waals surface area (Å²) in [4.78, 5) is 16.0. The van der Waals surface area contributed by atoms with E-state index >= 15 is 0 Å². The molecule has 0 radical (unpaired) electrons. The van der Waals surface area contributed by atoms with Crippen LogP contribution in [0.4, 0.5) is 13.2 Å². The third-order valence-electron chi connectivity index (χ3n) is 4.71. The fraction of sp³-hybridized carbons (Fsp3) is 0.0909. The number of nitrogens with zero attached hydrogens (tertiary/aromatic N) is 2. The fourth-order valence-corrected chi connectivity index (χ4v) is 3.08. The first kappa shape index (κ1) is 20.4. The number of imidazole rings is 1. The van der Waals surface area contributed by atoms with Gasteiger partial charge in [-0.2, -0.15) is 13.2 Å². The Morgan fingerprint density at radius 1 is 1.03 bits per heavy atom. The lowest BCUT2D eigenvalue weighted by molar-refractivity contribution is -0.137. The highest BCUT2D eigenvalue weighted by Crippen LogP contribution is 2.29. The Hall–Kier alpha value is -3.85. The van der Waals surface area contributed by atoms with E-state index in [4.69, 9.17) is 9.94 Å². The number of hydrogen-bond acceptors (Lipinski definition) is 4. The molecule has 2 N–H and O–H groups in total. The predicted octanol–water partition coefficient (Wildman–Crippen LogP) is 4.74. The molecule has 4 rings (SSSR count). The second kappa shape index (κ2) is 8.11. The number of hydroxylamine groups is 1. The number of rotatable bonds is 5.